The molecule has 1 heterocycles. The summed E-state index contributed by atoms with van der Waals surface area (Å²) in [6.07, 6.45) is 0. The maximum absolute atomic E-state index is 12.7. The van der Waals surface area contributed by atoms with Gasteiger partial charge in [-0.15, -0.1) is 0 Å². The van der Waals surface area contributed by atoms with E-state index in [0.717, 1.165) is 37.0 Å². The highest BCUT2D eigenvalue weighted by Gasteiger charge is 2.13. The van der Waals surface area contributed by atoms with E-state index in [9.17, 15) is 9.59 Å². The van der Waals surface area contributed by atoms with Crippen molar-refractivity contribution in [3.8, 4) is 33.9 Å². The summed E-state index contributed by atoms with van der Waals surface area (Å²) >= 11 is 6.79. The summed E-state index contributed by atoms with van der Waals surface area (Å²) in [6.45, 7) is 0. The van der Waals surface area contributed by atoms with Gasteiger partial charge in [0, 0.05) is 48.1 Å². The molecule has 0 unspecified atom stereocenters. The Morgan fingerprint density at radius 2 is 0.886 bits per heavy atom. The number of anilines is 2. The van der Waals surface area contributed by atoms with E-state index >= 15 is 0 Å². The lowest BCUT2D eigenvalue weighted by molar-refractivity contribution is 0.101. The van der Waals surface area contributed by atoms with E-state index in [1.165, 1.54) is 0 Å². The van der Waals surface area contributed by atoms with Crippen molar-refractivity contribution < 1.29 is 9.59 Å². The van der Waals surface area contributed by atoms with Crippen LogP contribution < -0.4 is 10.6 Å². The minimum absolute atomic E-state index is 0.183. The third-order valence-electron chi connectivity index (χ3n) is 6.85. The topological polar surface area (TPSA) is 84.0 Å². The zero-order chi connectivity index (χ0) is 30.5. The van der Waals surface area contributed by atoms with Gasteiger partial charge in [0.25, 0.3) is 11.8 Å². The maximum Gasteiger partial charge on any atom is 0.255 e. The van der Waals surface area contributed by atoms with Crippen molar-refractivity contribution in [1.82, 2.24) is 9.97 Å². The first-order valence-electron chi connectivity index (χ1n) is 13.7. The average Bonchev–Trinajstić information content (AvgIpc) is 3.06. The van der Waals surface area contributed by atoms with Crippen LogP contribution in [-0.2, 0) is 0 Å². The summed E-state index contributed by atoms with van der Waals surface area (Å²) in [4.78, 5) is 35.1. The van der Waals surface area contributed by atoms with E-state index in [1.54, 1.807) is 24.3 Å². The van der Waals surface area contributed by atoms with E-state index in [-0.39, 0.29) is 11.8 Å². The Hall–Kier alpha value is -4.92. The van der Waals surface area contributed by atoms with Crippen molar-refractivity contribution in [3.63, 3.8) is 0 Å². The predicted octanol–water partition coefficient (Wildman–Crippen LogP) is 9.51. The quantitative estimate of drug-likeness (QED) is 0.174. The van der Waals surface area contributed by atoms with Gasteiger partial charge >= 0.3 is 0 Å². The van der Waals surface area contributed by atoms with Gasteiger partial charge in [-0.2, -0.15) is 0 Å². The number of aromatic nitrogens is 2. The van der Waals surface area contributed by atoms with Crippen molar-refractivity contribution in [2.24, 2.45) is 0 Å². The second-order valence-corrected chi connectivity index (χ2v) is 11.7. The fourth-order valence-corrected chi connectivity index (χ4v) is 5.05. The molecule has 44 heavy (non-hydrogen) atoms. The normalized spacial score (nSPS) is 10.7. The molecule has 6 rings (SSSR count). The largest absolute Gasteiger partial charge is 0.322 e. The van der Waals surface area contributed by atoms with E-state index in [1.807, 2.05) is 109 Å². The van der Waals surface area contributed by atoms with E-state index in [0.29, 0.717) is 28.3 Å². The molecule has 0 saturated heterocycles. The third-order valence-corrected chi connectivity index (χ3v) is 7.91. The standard InChI is InChI=1S/C36H24Br2N4O2/c37-28-14-6-26(7-15-28)35(43)39-30-18-10-24(11-19-30)33-22-32(23-4-2-1-3-5-23)41-34(42-33)25-12-20-31(21-13-25)40-36(44)27-8-16-29(38)17-9-27/h1-22H,(H,39,43)(H,40,44). The summed E-state index contributed by atoms with van der Waals surface area (Å²) in [5.41, 5.74) is 6.67. The minimum atomic E-state index is -0.189. The molecule has 0 bridgehead atoms. The van der Waals surface area contributed by atoms with E-state index in [2.05, 4.69) is 42.5 Å². The summed E-state index contributed by atoms with van der Waals surface area (Å²) in [5.74, 6) is 0.184. The number of halogens is 2. The Kier molecular flexibility index (Phi) is 8.72. The van der Waals surface area contributed by atoms with Crippen molar-refractivity contribution in [2.45, 2.75) is 0 Å². The van der Waals surface area contributed by atoms with Gasteiger partial charge < -0.3 is 10.6 Å². The molecule has 5 aromatic carbocycles. The number of benzene rings is 5. The molecule has 0 atom stereocenters. The van der Waals surface area contributed by atoms with Gasteiger partial charge in [0.1, 0.15) is 0 Å². The number of nitrogens with one attached hydrogen (secondary N) is 2. The van der Waals surface area contributed by atoms with Crippen molar-refractivity contribution in [1.29, 1.82) is 0 Å². The Morgan fingerprint density at radius 1 is 0.477 bits per heavy atom. The smallest absolute Gasteiger partial charge is 0.255 e. The molecule has 6 nitrogen and oxygen atoms in total. The van der Waals surface area contributed by atoms with Crippen molar-refractivity contribution in [3.05, 3.63) is 154 Å². The first-order chi connectivity index (χ1) is 21.4. The average molecular weight is 704 g/mol. The van der Waals surface area contributed by atoms with Crippen LogP contribution in [-0.4, -0.2) is 21.8 Å². The van der Waals surface area contributed by atoms with Crippen LogP contribution in [0.1, 0.15) is 20.7 Å². The lowest BCUT2D eigenvalue weighted by Crippen LogP contribution is -2.11. The van der Waals surface area contributed by atoms with Crippen LogP contribution in [0.15, 0.2) is 142 Å². The van der Waals surface area contributed by atoms with Gasteiger partial charge in [0.15, 0.2) is 5.82 Å². The van der Waals surface area contributed by atoms with Crippen LogP contribution in [0, 0.1) is 0 Å². The molecule has 0 aliphatic carbocycles. The number of carbonyl (C=O) groups excluding carboxylic acids is 2. The molecular formula is C36H24Br2N4O2. The van der Waals surface area contributed by atoms with E-state index < -0.39 is 0 Å². The second kappa shape index (κ2) is 13.2. The van der Waals surface area contributed by atoms with Gasteiger partial charge in [0.2, 0.25) is 0 Å². The Balaban J connectivity index is 1.26. The molecule has 0 radical (unpaired) electrons. The Morgan fingerprint density at radius 3 is 1.34 bits per heavy atom. The molecule has 2 N–H and O–H groups in total. The van der Waals surface area contributed by atoms with Crippen LogP contribution >= 0.6 is 31.9 Å². The highest BCUT2D eigenvalue weighted by molar-refractivity contribution is 9.10. The molecule has 0 fully saturated rings. The van der Waals surface area contributed by atoms with Crippen LogP contribution in [0.3, 0.4) is 0 Å². The second-order valence-electron chi connectivity index (χ2n) is 9.90. The lowest BCUT2D eigenvalue weighted by Gasteiger charge is -2.11. The first kappa shape index (κ1) is 29.2. The highest BCUT2D eigenvalue weighted by Crippen LogP contribution is 2.29. The lowest BCUT2D eigenvalue weighted by atomic mass is 10.1. The van der Waals surface area contributed by atoms with Crippen LogP contribution in [0.5, 0.6) is 0 Å². The van der Waals surface area contributed by atoms with Crippen molar-refractivity contribution >= 4 is 55.0 Å². The third kappa shape index (κ3) is 6.99. The summed E-state index contributed by atoms with van der Waals surface area (Å²) in [6, 6.07) is 41.4. The first-order valence-corrected chi connectivity index (χ1v) is 15.3. The number of hydrogen-bond donors (Lipinski definition) is 2. The summed E-state index contributed by atoms with van der Waals surface area (Å²) in [7, 11) is 0. The van der Waals surface area contributed by atoms with Gasteiger partial charge in [0.05, 0.1) is 11.4 Å². The van der Waals surface area contributed by atoms with Crippen LogP contribution in [0.2, 0.25) is 0 Å². The molecule has 214 valence electrons. The zero-order valence-corrected chi connectivity index (χ0v) is 26.3. The molecule has 8 heteroatoms. The monoisotopic (exact) mass is 702 g/mol. The van der Waals surface area contributed by atoms with Gasteiger partial charge in [-0.05, 0) is 91.0 Å². The van der Waals surface area contributed by atoms with Crippen LogP contribution in [0.25, 0.3) is 33.9 Å². The summed E-state index contributed by atoms with van der Waals surface area (Å²) in [5, 5.41) is 5.88. The van der Waals surface area contributed by atoms with Crippen molar-refractivity contribution in [2.75, 3.05) is 10.6 Å². The number of carbonyl (C=O) groups is 2. The molecular weight excluding hydrogens is 680 g/mol. The molecule has 0 aliphatic heterocycles. The minimum Gasteiger partial charge on any atom is -0.322 e. The molecule has 1 aromatic heterocycles. The van der Waals surface area contributed by atoms with Crippen LogP contribution in [0.4, 0.5) is 11.4 Å². The molecule has 0 saturated carbocycles. The Bertz CT molecular complexity index is 1810. The number of hydrogen-bond acceptors (Lipinski definition) is 4. The molecule has 0 spiro atoms. The zero-order valence-electron chi connectivity index (χ0n) is 23.2. The predicted molar refractivity (Wildman–Crippen MR) is 183 cm³/mol. The SMILES string of the molecule is O=C(Nc1ccc(-c2cc(-c3ccccc3)nc(-c3ccc(NC(=O)c4ccc(Br)cc4)cc3)n2)cc1)c1ccc(Br)cc1. The number of rotatable bonds is 7. The maximum atomic E-state index is 12.7. The van der Waals surface area contributed by atoms with Gasteiger partial charge in [-0.25, -0.2) is 9.97 Å². The number of nitrogens with zero attached hydrogens (tertiary/aromatic N) is 2. The van der Waals surface area contributed by atoms with Gasteiger partial charge in [-0.1, -0.05) is 74.3 Å². The molecule has 6 aromatic rings. The summed E-state index contributed by atoms with van der Waals surface area (Å²) < 4.78 is 1.83. The fraction of sp³-hybridized carbons (Fsp3) is 0. The number of amides is 2. The molecule has 0 aliphatic rings. The molecule has 2 amide bonds. The highest BCUT2D eigenvalue weighted by atomic mass is 79.9. The van der Waals surface area contributed by atoms with Gasteiger partial charge in [-0.3, -0.25) is 9.59 Å². The van der Waals surface area contributed by atoms with E-state index in [4.69, 9.17) is 9.97 Å². The Labute approximate surface area is 271 Å². The fourth-order valence-electron chi connectivity index (χ4n) is 4.52.